The molecule has 2 heterocycles. The lowest BCUT2D eigenvalue weighted by Gasteiger charge is -2.21. The minimum atomic E-state index is -0.105. The van der Waals surface area contributed by atoms with E-state index in [0.717, 1.165) is 26.1 Å². The van der Waals surface area contributed by atoms with Crippen molar-refractivity contribution >= 4 is 5.78 Å². The number of hydrogen-bond acceptors (Lipinski definition) is 4. The molecule has 0 unspecified atom stereocenters. The summed E-state index contributed by atoms with van der Waals surface area (Å²) in [6.45, 7) is 1.54. The molecule has 0 aliphatic carbocycles. The minimum Gasteiger partial charge on any atom is -0.461 e. The van der Waals surface area contributed by atoms with E-state index in [1.165, 1.54) is 6.26 Å². The third-order valence-electron chi connectivity index (χ3n) is 2.41. The predicted molar refractivity (Wildman–Crippen MR) is 52.8 cm³/mol. The first-order valence-electron chi connectivity index (χ1n) is 5.12. The van der Waals surface area contributed by atoms with E-state index in [0.29, 0.717) is 5.76 Å². The van der Waals surface area contributed by atoms with Gasteiger partial charge in [0.15, 0.2) is 5.76 Å². The lowest BCUT2D eigenvalue weighted by atomic mass is 10.1. The Morgan fingerprint density at radius 3 is 2.93 bits per heavy atom. The van der Waals surface area contributed by atoms with Crippen molar-refractivity contribution in [3.8, 4) is 0 Å². The summed E-state index contributed by atoms with van der Waals surface area (Å²) in [6.07, 6.45) is 3.37. The number of Topliss-reactive ketones (excluding diaryl/α,β-unsaturated/α-hetero) is 1. The summed E-state index contributed by atoms with van der Waals surface area (Å²) in [6, 6.07) is 3.34. The van der Waals surface area contributed by atoms with Crippen molar-refractivity contribution in [2.75, 3.05) is 19.8 Å². The SMILES string of the molecule is O=C(COC1CCOCC1)c1ccco1. The summed E-state index contributed by atoms with van der Waals surface area (Å²) < 4.78 is 15.7. The van der Waals surface area contributed by atoms with Crippen LogP contribution in [0.25, 0.3) is 0 Å². The standard InChI is InChI=1S/C11H14O4/c12-10(11-2-1-5-14-11)8-15-9-3-6-13-7-4-9/h1-2,5,9H,3-4,6-8H2. The zero-order valence-corrected chi connectivity index (χ0v) is 8.48. The Bertz CT molecular complexity index is 298. The largest absolute Gasteiger partial charge is 0.461 e. The molecule has 0 saturated carbocycles. The van der Waals surface area contributed by atoms with Gasteiger partial charge in [0.25, 0.3) is 0 Å². The fraction of sp³-hybridized carbons (Fsp3) is 0.545. The number of carbonyl (C=O) groups is 1. The van der Waals surface area contributed by atoms with Crippen molar-refractivity contribution in [1.82, 2.24) is 0 Å². The van der Waals surface area contributed by atoms with Gasteiger partial charge in [0.05, 0.1) is 12.4 Å². The number of rotatable bonds is 4. The summed E-state index contributed by atoms with van der Waals surface area (Å²) >= 11 is 0. The first-order valence-corrected chi connectivity index (χ1v) is 5.12. The fourth-order valence-electron chi connectivity index (χ4n) is 1.54. The molecule has 0 spiro atoms. The molecule has 0 atom stereocenters. The quantitative estimate of drug-likeness (QED) is 0.709. The van der Waals surface area contributed by atoms with E-state index < -0.39 is 0 Å². The molecule has 15 heavy (non-hydrogen) atoms. The maximum Gasteiger partial charge on any atom is 0.223 e. The summed E-state index contributed by atoms with van der Waals surface area (Å²) in [5, 5.41) is 0. The molecule has 2 rings (SSSR count). The first-order chi connectivity index (χ1) is 7.36. The van der Waals surface area contributed by atoms with Gasteiger partial charge in [-0.3, -0.25) is 4.79 Å². The van der Waals surface area contributed by atoms with Crippen LogP contribution in [-0.2, 0) is 9.47 Å². The molecule has 4 heteroatoms. The van der Waals surface area contributed by atoms with Crippen LogP contribution in [0.15, 0.2) is 22.8 Å². The minimum absolute atomic E-state index is 0.0954. The van der Waals surface area contributed by atoms with Crippen LogP contribution in [0, 0.1) is 0 Å². The third kappa shape index (κ3) is 2.91. The molecule has 1 fully saturated rings. The number of furan rings is 1. The van der Waals surface area contributed by atoms with Gasteiger partial charge in [-0.05, 0) is 25.0 Å². The molecule has 1 aromatic rings. The summed E-state index contributed by atoms with van der Waals surface area (Å²) in [5.41, 5.74) is 0. The second-order valence-corrected chi connectivity index (χ2v) is 3.52. The van der Waals surface area contributed by atoms with Gasteiger partial charge in [-0.2, -0.15) is 0 Å². The van der Waals surface area contributed by atoms with E-state index in [4.69, 9.17) is 13.9 Å². The summed E-state index contributed by atoms with van der Waals surface area (Å²) in [4.78, 5) is 11.5. The smallest absolute Gasteiger partial charge is 0.223 e. The molecule has 1 aliphatic heterocycles. The van der Waals surface area contributed by atoms with Crippen LogP contribution < -0.4 is 0 Å². The molecule has 1 aliphatic rings. The normalized spacial score (nSPS) is 17.9. The van der Waals surface area contributed by atoms with Crippen LogP contribution in [0.1, 0.15) is 23.4 Å². The highest BCUT2D eigenvalue weighted by atomic mass is 16.5. The summed E-state index contributed by atoms with van der Waals surface area (Å²) in [7, 11) is 0. The Balaban J connectivity index is 1.75. The van der Waals surface area contributed by atoms with Crippen molar-refractivity contribution in [2.24, 2.45) is 0 Å². The monoisotopic (exact) mass is 210 g/mol. The molecule has 1 saturated heterocycles. The number of hydrogen-bond donors (Lipinski definition) is 0. The molecule has 1 aromatic heterocycles. The molecule has 82 valence electrons. The van der Waals surface area contributed by atoms with E-state index in [1.807, 2.05) is 0 Å². The zero-order chi connectivity index (χ0) is 10.5. The maximum absolute atomic E-state index is 11.5. The zero-order valence-electron chi connectivity index (χ0n) is 8.48. The number of carbonyl (C=O) groups excluding carboxylic acids is 1. The van der Waals surface area contributed by atoms with Crippen molar-refractivity contribution < 1.29 is 18.7 Å². The van der Waals surface area contributed by atoms with E-state index in [2.05, 4.69) is 0 Å². The number of ketones is 1. The van der Waals surface area contributed by atoms with E-state index in [-0.39, 0.29) is 18.5 Å². The summed E-state index contributed by atoms with van der Waals surface area (Å²) in [5.74, 6) is 0.258. The van der Waals surface area contributed by atoms with Crippen LogP contribution in [0.3, 0.4) is 0 Å². The van der Waals surface area contributed by atoms with Crippen molar-refractivity contribution in [3.63, 3.8) is 0 Å². The van der Waals surface area contributed by atoms with Crippen LogP contribution in [0.5, 0.6) is 0 Å². The molecular weight excluding hydrogens is 196 g/mol. The topological polar surface area (TPSA) is 48.7 Å². The Hall–Kier alpha value is -1.13. The van der Waals surface area contributed by atoms with E-state index in [1.54, 1.807) is 12.1 Å². The van der Waals surface area contributed by atoms with Crippen LogP contribution in [-0.4, -0.2) is 31.7 Å². The van der Waals surface area contributed by atoms with Gasteiger partial charge in [0.2, 0.25) is 5.78 Å². The molecule has 4 nitrogen and oxygen atoms in total. The van der Waals surface area contributed by atoms with Gasteiger partial charge >= 0.3 is 0 Å². The van der Waals surface area contributed by atoms with Gasteiger partial charge in [0, 0.05) is 13.2 Å². The van der Waals surface area contributed by atoms with Gasteiger partial charge in [-0.1, -0.05) is 0 Å². The first kappa shape index (κ1) is 10.4. The van der Waals surface area contributed by atoms with Gasteiger partial charge in [-0.25, -0.2) is 0 Å². The highest BCUT2D eigenvalue weighted by Gasteiger charge is 2.16. The fourth-order valence-corrected chi connectivity index (χ4v) is 1.54. The molecule has 0 N–H and O–H groups in total. The third-order valence-corrected chi connectivity index (χ3v) is 2.41. The predicted octanol–water partition coefficient (Wildman–Crippen LogP) is 1.66. The van der Waals surface area contributed by atoms with Crippen LogP contribution >= 0.6 is 0 Å². The molecule has 0 radical (unpaired) electrons. The van der Waals surface area contributed by atoms with Crippen LogP contribution in [0.2, 0.25) is 0 Å². The number of ether oxygens (including phenoxy) is 2. The Labute approximate surface area is 88.2 Å². The van der Waals surface area contributed by atoms with Crippen LogP contribution in [0.4, 0.5) is 0 Å². The van der Waals surface area contributed by atoms with Crippen molar-refractivity contribution in [2.45, 2.75) is 18.9 Å². The Morgan fingerprint density at radius 2 is 2.27 bits per heavy atom. The molecular formula is C11H14O4. The Morgan fingerprint density at radius 1 is 1.47 bits per heavy atom. The maximum atomic E-state index is 11.5. The second-order valence-electron chi connectivity index (χ2n) is 3.52. The lowest BCUT2D eigenvalue weighted by molar-refractivity contribution is -0.0266. The van der Waals surface area contributed by atoms with E-state index >= 15 is 0 Å². The van der Waals surface area contributed by atoms with E-state index in [9.17, 15) is 4.79 Å². The average Bonchev–Trinajstić information content (AvgIpc) is 2.81. The molecule has 0 bridgehead atoms. The lowest BCUT2D eigenvalue weighted by Crippen LogP contribution is -2.25. The highest BCUT2D eigenvalue weighted by Crippen LogP contribution is 2.11. The van der Waals surface area contributed by atoms with Gasteiger partial charge in [-0.15, -0.1) is 0 Å². The van der Waals surface area contributed by atoms with Gasteiger partial charge < -0.3 is 13.9 Å². The van der Waals surface area contributed by atoms with Crippen molar-refractivity contribution in [3.05, 3.63) is 24.2 Å². The van der Waals surface area contributed by atoms with Crippen molar-refractivity contribution in [1.29, 1.82) is 0 Å². The molecule has 0 amide bonds. The Kier molecular flexibility index (Phi) is 3.53. The molecule has 0 aromatic carbocycles. The average molecular weight is 210 g/mol. The van der Waals surface area contributed by atoms with Gasteiger partial charge in [0.1, 0.15) is 6.61 Å². The highest BCUT2D eigenvalue weighted by molar-refractivity contribution is 5.94. The second kappa shape index (κ2) is 5.09.